The van der Waals surface area contributed by atoms with E-state index in [1.54, 1.807) is 22.7 Å². The summed E-state index contributed by atoms with van der Waals surface area (Å²) in [5, 5.41) is 7.24. The van der Waals surface area contributed by atoms with Crippen LogP contribution in [0.15, 0.2) is 39.4 Å². The average Bonchev–Trinajstić information content (AvgIpc) is 3.32. The fourth-order valence-electron chi connectivity index (χ4n) is 2.71. The van der Waals surface area contributed by atoms with E-state index < -0.39 is 0 Å². The number of hydrogen-bond acceptors (Lipinski definition) is 5. The Kier molecular flexibility index (Phi) is 4.63. The van der Waals surface area contributed by atoms with Crippen molar-refractivity contribution in [2.45, 2.75) is 38.5 Å². The molecule has 3 heterocycles. The number of fused-ring (bicyclic) bond motifs is 1. The van der Waals surface area contributed by atoms with Crippen LogP contribution in [0.1, 0.15) is 42.7 Å². The molecule has 0 saturated carbocycles. The van der Waals surface area contributed by atoms with Gasteiger partial charge >= 0.3 is 0 Å². The molecule has 0 amide bonds. The summed E-state index contributed by atoms with van der Waals surface area (Å²) in [5.74, 6) is 1.29. The number of nitrogens with zero attached hydrogens (tertiary/aromatic N) is 2. The van der Waals surface area contributed by atoms with Crippen molar-refractivity contribution in [3.8, 4) is 10.8 Å². The predicted molar refractivity (Wildman–Crippen MR) is 110 cm³/mol. The van der Waals surface area contributed by atoms with Gasteiger partial charge < -0.3 is 4.42 Å². The third kappa shape index (κ3) is 3.56. The molecular weight excluding hydrogens is 384 g/mol. The van der Waals surface area contributed by atoms with Gasteiger partial charge in [0.1, 0.15) is 5.58 Å². The molecule has 0 aliphatic carbocycles. The van der Waals surface area contributed by atoms with Gasteiger partial charge in [0, 0.05) is 28.0 Å². The van der Waals surface area contributed by atoms with Crippen LogP contribution in [0.4, 0.5) is 0 Å². The van der Waals surface area contributed by atoms with Gasteiger partial charge in [0.15, 0.2) is 10.8 Å². The highest BCUT2D eigenvalue weighted by Gasteiger charge is 2.19. The van der Waals surface area contributed by atoms with E-state index in [2.05, 4.69) is 49.3 Å². The normalized spacial score (nSPS) is 12.2. The van der Waals surface area contributed by atoms with E-state index in [0.29, 0.717) is 5.88 Å². The number of alkyl halides is 1. The van der Waals surface area contributed by atoms with Gasteiger partial charge in [-0.1, -0.05) is 26.8 Å². The highest BCUT2D eigenvalue weighted by atomic mass is 35.5. The van der Waals surface area contributed by atoms with Gasteiger partial charge in [-0.15, -0.1) is 34.3 Å². The first-order chi connectivity index (χ1) is 12.4. The minimum atomic E-state index is 0.0452. The summed E-state index contributed by atoms with van der Waals surface area (Å²) in [7, 11) is 0. The van der Waals surface area contributed by atoms with Crippen LogP contribution in [0, 0.1) is 0 Å². The summed E-state index contributed by atoms with van der Waals surface area (Å²) in [6.45, 7) is 6.51. The van der Waals surface area contributed by atoms with E-state index >= 15 is 0 Å². The van der Waals surface area contributed by atoms with Crippen LogP contribution in [0.25, 0.3) is 21.7 Å². The molecule has 0 bridgehead atoms. The molecule has 1 aromatic carbocycles. The summed E-state index contributed by atoms with van der Waals surface area (Å²) >= 11 is 9.12. The Morgan fingerprint density at radius 1 is 1.08 bits per heavy atom. The van der Waals surface area contributed by atoms with Crippen LogP contribution in [0.3, 0.4) is 0 Å². The lowest BCUT2D eigenvalue weighted by molar-refractivity contribution is 0.571. The van der Waals surface area contributed by atoms with E-state index in [1.165, 1.54) is 5.56 Å². The second-order valence-electron chi connectivity index (χ2n) is 7.31. The monoisotopic (exact) mass is 402 g/mol. The molecule has 0 N–H and O–H groups in total. The number of hydrogen-bond donors (Lipinski definition) is 0. The number of thiazole rings is 2. The molecule has 0 saturated heterocycles. The van der Waals surface area contributed by atoms with Gasteiger partial charge in [-0.25, -0.2) is 9.97 Å². The zero-order chi connectivity index (χ0) is 18.3. The number of rotatable bonds is 4. The van der Waals surface area contributed by atoms with E-state index in [1.807, 2.05) is 11.4 Å². The Balaban J connectivity index is 1.62. The zero-order valence-corrected chi connectivity index (χ0v) is 17.3. The lowest BCUT2D eigenvalue weighted by atomic mass is 9.93. The Morgan fingerprint density at radius 2 is 1.92 bits per heavy atom. The van der Waals surface area contributed by atoms with Gasteiger partial charge in [-0.3, -0.25) is 0 Å². The van der Waals surface area contributed by atoms with Crippen molar-refractivity contribution in [1.29, 1.82) is 0 Å². The van der Waals surface area contributed by atoms with E-state index in [-0.39, 0.29) is 5.41 Å². The summed E-state index contributed by atoms with van der Waals surface area (Å²) < 4.78 is 6.02. The minimum Gasteiger partial charge on any atom is -0.454 e. The van der Waals surface area contributed by atoms with Crippen molar-refractivity contribution in [3.63, 3.8) is 0 Å². The number of benzene rings is 1. The minimum absolute atomic E-state index is 0.0452. The molecule has 0 unspecified atom stereocenters. The molecule has 0 radical (unpaired) electrons. The number of halogens is 1. The molecule has 0 fully saturated rings. The van der Waals surface area contributed by atoms with Crippen LogP contribution in [0.2, 0.25) is 0 Å². The topological polar surface area (TPSA) is 38.9 Å². The van der Waals surface area contributed by atoms with Crippen LogP contribution >= 0.6 is 34.3 Å². The van der Waals surface area contributed by atoms with Crippen molar-refractivity contribution >= 4 is 45.2 Å². The average molecular weight is 403 g/mol. The molecule has 134 valence electrons. The van der Waals surface area contributed by atoms with Crippen molar-refractivity contribution in [2.24, 2.45) is 0 Å². The second kappa shape index (κ2) is 6.80. The molecule has 3 nitrogen and oxygen atoms in total. The Morgan fingerprint density at radius 3 is 2.62 bits per heavy atom. The van der Waals surface area contributed by atoms with Crippen LogP contribution in [0.5, 0.6) is 0 Å². The Hall–Kier alpha value is -1.69. The lowest BCUT2D eigenvalue weighted by Gasteiger charge is -2.13. The van der Waals surface area contributed by atoms with Crippen LogP contribution < -0.4 is 0 Å². The third-order valence-electron chi connectivity index (χ3n) is 4.16. The van der Waals surface area contributed by atoms with E-state index in [0.717, 1.165) is 44.6 Å². The molecule has 4 rings (SSSR count). The molecule has 26 heavy (non-hydrogen) atoms. The standard InChI is InChI=1S/C20H19ClN2OS2/c1-20(2,3)17-11-26-19(23-17)16-8-13-6-12(4-5-15(13)24-16)7-18-22-14(9-21)10-25-18/h4-6,8,10-11H,7,9H2,1-3H3. The molecule has 0 aliphatic heterocycles. The summed E-state index contributed by atoms with van der Waals surface area (Å²) in [6.07, 6.45) is 0.809. The number of furan rings is 1. The summed E-state index contributed by atoms with van der Waals surface area (Å²) in [6, 6.07) is 8.38. The van der Waals surface area contributed by atoms with Crippen molar-refractivity contribution in [2.75, 3.05) is 0 Å². The first-order valence-corrected chi connectivity index (χ1v) is 10.7. The van der Waals surface area contributed by atoms with Gasteiger partial charge in [0.25, 0.3) is 0 Å². The maximum Gasteiger partial charge on any atom is 0.164 e. The molecule has 4 aromatic rings. The summed E-state index contributed by atoms with van der Waals surface area (Å²) in [4.78, 5) is 9.29. The number of aromatic nitrogens is 2. The van der Waals surface area contributed by atoms with Crippen LogP contribution in [-0.2, 0) is 17.7 Å². The molecular formula is C20H19ClN2OS2. The zero-order valence-electron chi connectivity index (χ0n) is 14.9. The van der Waals surface area contributed by atoms with Gasteiger partial charge in [0.05, 0.1) is 22.3 Å². The largest absolute Gasteiger partial charge is 0.454 e. The molecule has 0 spiro atoms. The smallest absolute Gasteiger partial charge is 0.164 e. The fourth-order valence-corrected chi connectivity index (χ4v) is 4.76. The maximum absolute atomic E-state index is 6.02. The highest BCUT2D eigenvalue weighted by molar-refractivity contribution is 7.13. The predicted octanol–water partition coefficient (Wildman–Crippen LogP) is 6.64. The van der Waals surface area contributed by atoms with E-state index in [9.17, 15) is 0 Å². The Bertz CT molecular complexity index is 1060. The van der Waals surface area contributed by atoms with Gasteiger partial charge in [0.2, 0.25) is 0 Å². The van der Waals surface area contributed by atoms with Crippen LogP contribution in [-0.4, -0.2) is 9.97 Å². The first-order valence-electron chi connectivity index (χ1n) is 8.40. The van der Waals surface area contributed by atoms with E-state index in [4.69, 9.17) is 21.0 Å². The fraction of sp³-hybridized carbons (Fsp3) is 0.300. The molecule has 0 aliphatic rings. The third-order valence-corrected chi connectivity index (χ3v) is 6.18. The van der Waals surface area contributed by atoms with Crippen molar-refractivity contribution in [3.05, 3.63) is 57.0 Å². The second-order valence-corrected chi connectivity index (χ2v) is 9.38. The molecule has 3 aromatic heterocycles. The van der Waals surface area contributed by atoms with Crippen molar-refractivity contribution in [1.82, 2.24) is 9.97 Å². The maximum atomic E-state index is 6.02. The first kappa shape index (κ1) is 17.7. The lowest BCUT2D eigenvalue weighted by Crippen LogP contribution is -2.11. The van der Waals surface area contributed by atoms with Gasteiger partial charge in [-0.05, 0) is 23.8 Å². The van der Waals surface area contributed by atoms with Crippen molar-refractivity contribution < 1.29 is 4.42 Å². The molecule has 6 heteroatoms. The van der Waals surface area contributed by atoms with Gasteiger partial charge in [-0.2, -0.15) is 0 Å². The SMILES string of the molecule is CC(C)(C)c1csc(-c2cc3cc(Cc4nc(CCl)cs4)ccc3o2)n1. The Labute approximate surface area is 165 Å². The highest BCUT2D eigenvalue weighted by Crippen LogP contribution is 2.33. The summed E-state index contributed by atoms with van der Waals surface area (Å²) in [5.41, 5.74) is 4.18. The molecule has 0 atom stereocenters. The quantitative estimate of drug-likeness (QED) is 0.359.